The van der Waals surface area contributed by atoms with Gasteiger partial charge in [-0.15, -0.1) is 0 Å². The van der Waals surface area contributed by atoms with Crippen molar-refractivity contribution in [1.82, 2.24) is 9.97 Å². The normalized spacial score (nSPS) is 10.4. The lowest BCUT2D eigenvalue weighted by molar-refractivity contribution is 0.355. The number of methoxy groups -OCH3 is 2. The molecule has 6 nitrogen and oxygen atoms in total. The molecule has 0 atom stereocenters. The summed E-state index contributed by atoms with van der Waals surface area (Å²) in [5, 5.41) is 9.85. The second-order valence-electron chi connectivity index (χ2n) is 3.71. The summed E-state index contributed by atoms with van der Waals surface area (Å²) < 4.78 is 10.4. The average Bonchev–Trinajstić information content (AvgIpc) is 2.43. The zero-order chi connectivity index (χ0) is 14.9. The second kappa shape index (κ2) is 5.88. The van der Waals surface area contributed by atoms with Crippen LogP contribution >= 0.6 is 34.2 Å². The molecule has 0 unspecified atom stereocenters. The van der Waals surface area contributed by atoms with Crippen molar-refractivity contribution < 1.29 is 14.6 Å². The van der Waals surface area contributed by atoms with Gasteiger partial charge in [-0.25, -0.2) is 0 Å². The van der Waals surface area contributed by atoms with Crippen molar-refractivity contribution in [2.45, 2.75) is 0 Å². The summed E-state index contributed by atoms with van der Waals surface area (Å²) in [5.41, 5.74) is -0.0212. The zero-order valence-electron chi connectivity index (χ0n) is 10.5. The minimum absolute atomic E-state index is 0.114. The van der Waals surface area contributed by atoms with E-state index in [1.807, 2.05) is 0 Å². The van der Waals surface area contributed by atoms with Gasteiger partial charge in [-0.3, -0.25) is 4.79 Å². The molecule has 0 bridgehead atoms. The van der Waals surface area contributed by atoms with Gasteiger partial charge in [0.05, 0.1) is 19.2 Å². The van der Waals surface area contributed by atoms with Crippen LogP contribution in [0.3, 0.4) is 0 Å². The number of H-pyrrole nitrogens is 1. The minimum atomic E-state index is -0.445. The van der Waals surface area contributed by atoms with Gasteiger partial charge in [-0.2, -0.15) is 4.98 Å². The molecule has 0 aliphatic heterocycles. The van der Waals surface area contributed by atoms with Gasteiger partial charge in [-0.1, -0.05) is 11.6 Å². The first-order valence-corrected chi connectivity index (χ1v) is 6.85. The van der Waals surface area contributed by atoms with E-state index in [-0.39, 0.29) is 20.3 Å². The molecule has 0 spiro atoms. The Morgan fingerprint density at radius 2 is 2.05 bits per heavy atom. The van der Waals surface area contributed by atoms with Gasteiger partial charge in [0.2, 0.25) is 5.88 Å². The predicted molar refractivity (Wildman–Crippen MR) is 82.8 cm³/mol. The van der Waals surface area contributed by atoms with Gasteiger partial charge in [-0.05, 0) is 34.7 Å². The monoisotopic (exact) mass is 408 g/mol. The fourth-order valence-corrected chi connectivity index (χ4v) is 2.22. The van der Waals surface area contributed by atoms with Crippen LogP contribution in [0.5, 0.6) is 17.4 Å². The molecule has 0 fully saturated rings. The highest BCUT2D eigenvalue weighted by Crippen LogP contribution is 2.40. The van der Waals surface area contributed by atoms with Gasteiger partial charge < -0.3 is 19.6 Å². The first-order chi connectivity index (χ1) is 9.49. The van der Waals surface area contributed by atoms with Gasteiger partial charge in [0.25, 0.3) is 5.56 Å². The van der Waals surface area contributed by atoms with Crippen molar-refractivity contribution in [2.75, 3.05) is 14.2 Å². The molecule has 1 heterocycles. The van der Waals surface area contributed by atoms with Gasteiger partial charge in [0, 0.05) is 5.56 Å². The third kappa shape index (κ3) is 2.55. The van der Waals surface area contributed by atoms with E-state index in [2.05, 4.69) is 9.97 Å². The maximum absolute atomic E-state index is 11.7. The van der Waals surface area contributed by atoms with Crippen molar-refractivity contribution in [3.8, 4) is 28.8 Å². The molecule has 0 radical (unpaired) electrons. The highest BCUT2D eigenvalue weighted by molar-refractivity contribution is 14.1. The second-order valence-corrected chi connectivity index (χ2v) is 5.17. The quantitative estimate of drug-likeness (QED) is 0.762. The van der Waals surface area contributed by atoms with Crippen molar-refractivity contribution in [2.24, 2.45) is 0 Å². The zero-order valence-corrected chi connectivity index (χ0v) is 13.4. The third-order valence-corrected chi connectivity index (χ3v) is 3.93. The number of rotatable bonds is 3. The highest BCUT2D eigenvalue weighted by atomic mass is 127. The molecule has 106 valence electrons. The van der Waals surface area contributed by atoms with Crippen LogP contribution in [0.15, 0.2) is 16.9 Å². The topological polar surface area (TPSA) is 84.4 Å². The number of halogens is 2. The Balaban J connectivity index is 2.68. The molecule has 0 saturated heterocycles. The average molecular weight is 409 g/mol. The van der Waals surface area contributed by atoms with Crippen LogP contribution in [0.1, 0.15) is 0 Å². The van der Waals surface area contributed by atoms with E-state index in [9.17, 15) is 9.90 Å². The lowest BCUT2D eigenvalue weighted by Crippen LogP contribution is -2.12. The number of aromatic hydroxyl groups is 1. The number of ether oxygens (including phenoxy) is 2. The van der Waals surface area contributed by atoms with Crippen molar-refractivity contribution >= 4 is 34.2 Å². The number of hydrogen-bond donors (Lipinski definition) is 2. The summed E-state index contributed by atoms with van der Waals surface area (Å²) in [6.07, 6.45) is 0. The Kier molecular flexibility index (Phi) is 4.39. The molecule has 20 heavy (non-hydrogen) atoms. The van der Waals surface area contributed by atoms with Crippen LogP contribution in [0, 0.1) is 3.57 Å². The lowest BCUT2D eigenvalue weighted by atomic mass is 10.2. The summed E-state index contributed by atoms with van der Waals surface area (Å²) in [6.45, 7) is 0. The van der Waals surface area contributed by atoms with E-state index in [0.717, 1.165) is 0 Å². The molecule has 2 aromatic rings. The number of aromatic nitrogens is 2. The molecule has 2 N–H and O–H groups in total. The SMILES string of the molecule is COc1ccc(-c2nc(O)c(I)c(=O)[nH]2)c(Cl)c1OC. The molecule has 0 aliphatic carbocycles. The smallest absolute Gasteiger partial charge is 0.268 e. The fourth-order valence-electron chi connectivity index (χ4n) is 1.65. The van der Waals surface area contributed by atoms with Gasteiger partial charge in [0.1, 0.15) is 9.39 Å². The number of nitrogens with zero attached hydrogens (tertiary/aromatic N) is 1. The summed E-state index contributed by atoms with van der Waals surface area (Å²) in [6, 6.07) is 3.25. The standard InChI is InChI=1S/C12H10ClIN2O4/c1-19-6-4-3-5(7(13)9(6)20-2)10-15-11(17)8(14)12(18)16-10/h3-4H,1-2H3,(H2,15,16,17,18). The summed E-state index contributed by atoms with van der Waals surface area (Å²) in [7, 11) is 2.94. The molecule has 1 aromatic heterocycles. The molecule has 0 saturated carbocycles. The van der Waals surface area contributed by atoms with Gasteiger partial charge in [0.15, 0.2) is 11.5 Å². The lowest BCUT2D eigenvalue weighted by Gasteiger charge is -2.12. The van der Waals surface area contributed by atoms with Crippen molar-refractivity contribution in [1.29, 1.82) is 0 Å². The summed E-state index contributed by atoms with van der Waals surface area (Å²) in [4.78, 5) is 18.1. The Labute approximate surface area is 132 Å². The van der Waals surface area contributed by atoms with Crippen LogP contribution in [0.25, 0.3) is 11.4 Å². The maximum Gasteiger partial charge on any atom is 0.268 e. The number of nitrogens with one attached hydrogen (secondary N) is 1. The number of aromatic amines is 1. The van der Waals surface area contributed by atoms with Gasteiger partial charge >= 0.3 is 0 Å². The summed E-state index contributed by atoms with van der Waals surface area (Å²) in [5.74, 6) is 0.583. The van der Waals surface area contributed by atoms with Crippen LogP contribution in [-0.2, 0) is 0 Å². The van der Waals surface area contributed by atoms with E-state index in [4.69, 9.17) is 21.1 Å². The summed E-state index contributed by atoms with van der Waals surface area (Å²) >= 11 is 7.93. The Hall–Kier alpha value is -1.48. The molecule has 8 heteroatoms. The molecular weight excluding hydrogens is 398 g/mol. The van der Waals surface area contributed by atoms with Crippen molar-refractivity contribution in [3.05, 3.63) is 31.1 Å². The largest absolute Gasteiger partial charge is 0.493 e. The molecule has 1 aromatic carbocycles. The number of hydrogen-bond acceptors (Lipinski definition) is 5. The van der Waals surface area contributed by atoms with E-state index in [1.54, 1.807) is 34.7 Å². The molecule has 0 aliphatic rings. The first-order valence-electron chi connectivity index (χ1n) is 5.39. The van der Waals surface area contributed by atoms with E-state index in [1.165, 1.54) is 14.2 Å². The van der Waals surface area contributed by atoms with Crippen molar-refractivity contribution in [3.63, 3.8) is 0 Å². The van der Waals surface area contributed by atoms with Crippen LogP contribution in [0.2, 0.25) is 5.02 Å². The Bertz CT molecular complexity index is 717. The third-order valence-electron chi connectivity index (χ3n) is 2.59. The van der Waals surface area contributed by atoms with Crippen LogP contribution in [-0.4, -0.2) is 29.3 Å². The highest BCUT2D eigenvalue weighted by Gasteiger charge is 2.17. The van der Waals surface area contributed by atoms with E-state index in [0.29, 0.717) is 17.1 Å². The first kappa shape index (κ1) is 14.9. The molecule has 0 amide bonds. The van der Waals surface area contributed by atoms with E-state index >= 15 is 0 Å². The van der Waals surface area contributed by atoms with E-state index < -0.39 is 5.56 Å². The Morgan fingerprint density at radius 1 is 1.35 bits per heavy atom. The molecule has 2 rings (SSSR count). The minimum Gasteiger partial charge on any atom is -0.493 e. The van der Waals surface area contributed by atoms with Crippen LogP contribution in [0.4, 0.5) is 0 Å². The number of benzene rings is 1. The fraction of sp³-hybridized carbons (Fsp3) is 0.167. The molecular formula is C12H10ClIN2O4. The Morgan fingerprint density at radius 3 is 2.60 bits per heavy atom. The van der Waals surface area contributed by atoms with Crippen LogP contribution < -0.4 is 15.0 Å². The maximum atomic E-state index is 11.7. The predicted octanol–water partition coefficient (Wildman–Crippen LogP) is 2.42.